The Kier molecular flexibility index (Phi) is 5.67. The molecule has 1 fully saturated rings. The van der Waals surface area contributed by atoms with Crippen molar-refractivity contribution in [2.24, 2.45) is 5.16 Å². The Morgan fingerprint density at radius 2 is 1.47 bits per heavy atom. The predicted octanol–water partition coefficient (Wildman–Crippen LogP) is 3.87. The number of imide groups is 1. The lowest BCUT2D eigenvalue weighted by atomic mass is 10.0. The molecule has 170 valence electrons. The van der Waals surface area contributed by atoms with E-state index in [4.69, 9.17) is 4.84 Å². The van der Waals surface area contributed by atoms with E-state index in [1.807, 2.05) is 42.5 Å². The topological polar surface area (TPSA) is 79.3 Å². The van der Waals surface area contributed by atoms with Gasteiger partial charge in [-0.15, -0.1) is 0 Å². The van der Waals surface area contributed by atoms with E-state index in [1.165, 1.54) is 12.0 Å². The maximum atomic E-state index is 13.5. The number of fused-ring (bicyclic) bond motifs is 1. The molecule has 34 heavy (non-hydrogen) atoms. The van der Waals surface area contributed by atoms with E-state index in [2.05, 4.69) is 5.16 Å². The predicted molar refractivity (Wildman–Crippen MR) is 128 cm³/mol. The van der Waals surface area contributed by atoms with E-state index in [-0.39, 0.29) is 30.8 Å². The second-order valence-electron chi connectivity index (χ2n) is 8.34. The number of amides is 3. The van der Waals surface area contributed by atoms with E-state index < -0.39 is 6.04 Å². The lowest BCUT2D eigenvalue weighted by Gasteiger charge is -2.27. The zero-order chi connectivity index (χ0) is 23.7. The van der Waals surface area contributed by atoms with E-state index in [1.54, 1.807) is 41.3 Å². The van der Waals surface area contributed by atoms with Crippen LogP contribution in [0.1, 0.15) is 37.5 Å². The molecule has 0 saturated carbocycles. The molecule has 0 bridgehead atoms. The average Bonchev–Trinajstić information content (AvgIpc) is 3.39. The van der Waals surface area contributed by atoms with E-state index in [9.17, 15) is 14.4 Å². The number of hydrogen-bond acceptors (Lipinski definition) is 5. The summed E-state index contributed by atoms with van der Waals surface area (Å²) in [6.07, 6.45) is 0.426. The third kappa shape index (κ3) is 3.85. The number of benzene rings is 3. The molecule has 2 aliphatic heterocycles. The Morgan fingerprint density at radius 1 is 0.882 bits per heavy atom. The molecular formula is C27H23N3O4. The van der Waals surface area contributed by atoms with E-state index in [0.717, 1.165) is 11.1 Å². The van der Waals surface area contributed by atoms with Crippen LogP contribution < -0.4 is 0 Å². The minimum absolute atomic E-state index is 0.100. The van der Waals surface area contributed by atoms with E-state index >= 15 is 0 Å². The smallest absolute Gasteiger partial charge is 0.261 e. The molecule has 2 aliphatic rings. The van der Waals surface area contributed by atoms with Crippen molar-refractivity contribution in [2.75, 3.05) is 20.2 Å². The Hall–Kier alpha value is -4.26. The van der Waals surface area contributed by atoms with Crippen LogP contribution in [0, 0.1) is 0 Å². The van der Waals surface area contributed by atoms with Crippen LogP contribution in [0.2, 0.25) is 0 Å². The van der Waals surface area contributed by atoms with Crippen LogP contribution in [0.5, 0.6) is 0 Å². The third-order valence-electron chi connectivity index (χ3n) is 6.26. The Labute approximate surface area is 197 Å². The van der Waals surface area contributed by atoms with Crippen LogP contribution >= 0.6 is 0 Å². The molecule has 7 heteroatoms. The van der Waals surface area contributed by atoms with Crippen molar-refractivity contribution in [3.8, 4) is 11.1 Å². The summed E-state index contributed by atoms with van der Waals surface area (Å²) in [5.74, 6) is -0.850. The number of nitrogens with zero attached hydrogens (tertiary/aromatic N) is 3. The van der Waals surface area contributed by atoms with Gasteiger partial charge in [-0.1, -0.05) is 59.8 Å². The van der Waals surface area contributed by atoms with Crippen molar-refractivity contribution in [1.29, 1.82) is 0 Å². The van der Waals surface area contributed by atoms with Crippen molar-refractivity contribution in [3.63, 3.8) is 0 Å². The van der Waals surface area contributed by atoms with Gasteiger partial charge in [0.2, 0.25) is 0 Å². The highest BCUT2D eigenvalue weighted by Crippen LogP contribution is 2.27. The molecule has 3 amide bonds. The van der Waals surface area contributed by atoms with Gasteiger partial charge in [0, 0.05) is 12.0 Å². The molecule has 1 atom stereocenters. The molecule has 0 N–H and O–H groups in total. The van der Waals surface area contributed by atoms with Crippen LogP contribution in [-0.2, 0) is 4.84 Å². The molecule has 0 aliphatic carbocycles. The van der Waals surface area contributed by atoms with Gasteiger partial charge in [-0.05, 0) is 35.4 Å². The first-order chi connectivity index (χ1) is 16.6. The minimum Gasteiger partial charge on any atom is -0.399 e. The fourth-order valence-corrected chi connectivity index (χ4v) is 4.59. The third-order valence-corrected chi connectivity index (χ3v) is 6.26. The minimum atomic E-state index is -0.391. The largest absolute Gasteiger partial charge is 0.399 e. The molecule has 0 aromatic heterocycles. The van der Waals surface area contributed by atoms with Gasteiger partial charge in [-0.2, -0.15) is 0 Å². The number of oxime groups is 1. The zero-order valence-electron chi connectivity index (χ0n) is 18.7. The first-order valence-electron chi connectivity index (χ1n) is 11.1. The van der Waals surface area contributed by atoms with Gasteiger partial charge in [0.1, 0.15) is 7.11 Å². The quantitative estimate of drug-likeness (QED) is 0.434. The van der Waals surface area contributed by atoms with Crippen molar-refractivity contribution in [1.82, 2.24) is 9.80 Å². The molecule has 2 heterocycles. The molecule has 5 rings (SSSR count). The molecule has 3 aromatic rings. The van der Waals surface area contributed by atoms with Gasteiger partial charge in [-0.25, -0.2) is 0 Å². The van der Waals surface area contributed by atoms with Crippen LogP contribution in [0.15, 0.2) is 84.0 Å². The molecule has 1 saturated heterocycles. The highest BCUT2D eigenvalue weighted by atomic mass is 16.6. The summed E-state index contributed by atoms with van der Waals surface area (Å²) in [6.45, 7) is 0.379. The molecule has 3 aromatic carbocycles. The van der Waals surface area contributed by atoms with Crippen molar-refractivity contribution >= 4 is 23.4 Å². The number of carbonyl (C=O) groups excluding carboxylic acids is 3. The first kappa shape index (κ1) is 21.6. The summed E-state index contributed by atoms with van der Waals surface area (Å²) in [5.41, 5.74) is 4.10. The number of carbonyl (C=O) groups is 3. The average molecular weight is 453 g/mol. The summed E-state index contributed by atoms with van der Waals surface area (Å²) < 4.78 is 0. The summed E-state index contributed by atoms with van der Waals surface area (Å²) >= 11 is 0. The van der Waals surface area contributed by atoms with Crippen molar-refractivity contribution in [2.45, 2.75) is 12.5 Å². The van der Waals surface area contributed by atoms with Gasteiger partial charge in [-0.3, -0.25) is 19.3 Å². The second kappa shape index (κ2) is 8.94. The first-order valence-corrected chi connectivity index (χ1v) is 11.1. The Morgan fingerprint density at radius 3 is 2.09 bits per heavy atom. The van der Waals surface area contributed by atoms with Crippen LogP contribution in [0.4, 0.5) is 0 Å². The number of hydrogen-bond donors (Lipinski definition) is 0. The van der Waals surface area contributed by atoms with Crippen molar-refractivity contribution < 1.29 is 19.2 Å². The van der Waals surface area contributed by atoms with Crippen LogP contribution in [0.3, 0.4) is 0 Å². The molecular weight excluding hydrogens is 430 g/mol. The lowest BCUT2D eigenvalue weighted by Crippen LogP contribution is -2.45. The summed E-state index contributed by atoms with van der Waals surface area (Å²) in [7, 11) is 1.46. The summed E-state index contributed by atoms with van der Waals surface area (Å²) in [5, 5.41) is 4.04. The van der Waals surface area contributed by atoms with Gasteiger partial charge in [0.15, 0.2) is 0 Å². The standard InChI is InChI=1S/C27H23N3O4/c1-34-28-21-15-22(17-30-26(32)23-9-5-6-10-24(23)27(30)33)29(16-21)25(31)20-13-11-19(12-14-20)18-7-3-2-4-8-18/h2-14,22H,15-17H2,1H3/t22-/m0/s1. The van der Waals surface area contributed by atoms with Crippen LogP contribution in [-0.4, -0.2) is 59.5 Å². The van der Waals surface area contributed by atoms with Crippen molar-refractivity contribution in [3.05, 3.63) is 95.6 Å². The summed E-state index contributed by atoms with van der Waals surface area (Å²) in [4.78, 5) is 47.0. The van der Waals surface area contributed by atoms with Gasteiger partial charge in [0.25, 0.3) is 17.7 Å². The summed E-state index contributed by atoms with van der Waals surface area (Å²) in [6, 6.07) is 23.8. The maximum absolute atomic E-state index is 13.5. The number of likely N-dealkylation sites (tertiary alicyclic amines) is 1. The van der Waals surface area contributed by atoms with Gasteiger partial charge >= 0.3 is 0 Å². The number of rotatable bonds is 5. The maximum Gasteiger partial charge on any atom is 0.261 e. The molecule has 7 nitrogen and oxygen atoms in total. The Bertz CT molecular complexity index is 1250. The Balaban J connectivity index is 1.38. The second-order valence-corrected chi connectivity index (χ2v) is 8.34. The molecule has 0 radical (unpaired) electrons. The zero-order valence-corrected chi connectivity index (χ0v) is 18.7. The monoisotopic (exact) mass is 453 g/mol. The fraction of sp³-hybridized carbons (Fsp3) is 0.185. The highest BCUT2D eigenvalue weighted by molar-refractivity contribution is 6.21. The highest BCUT2D eigenvalue weighted by Gasteiger charge is 2.41. The van der Waals surface area contributed by atoms with Gasteiger partial charge in [0.05, 0.1) is 36.0 Å². The van der Waals surface area contributed by atoms with E-state index in [0.29, 0.717) is 28.8 Å². The molecule has 0 spiro atoms. The normalized spacial score (nSPS) is 18.5. The fourth-order valence-electron chi connectivity index (χ4n) is 4.59. The van der Waals surface area contributed by atoms with Gasteiger partial charge < -0.3 is 9.74 Å². The SMILES string of the molecule is CON=C1C[C@@H](CN2C(=O)c3ccccc3C2=O)N(C(=O)c2ccc(-c3ccccc3)cc2)C1. The molecule has 0 unspecified atom stereocenters. The van der Waals surface area contributed by atoms with Crippen LogP contribution in [0.25, 0.3) is 11.1 Å². The lowest BCUT2D eigenvalue weighted by molar-refractivity contribution is 0.0562.